The van der Waals surface area contributed by atoms with Gasteiger partial charge < -0.3 is 15.1 Å². The first-order valence-electron chi connectivity index (χ1n) is 10.4. The van der Waals surface area contributed by atoms with Crippen molar-refractivity contribution in [3.63, 3.8) is 0 Å². The van der Waals surface area contributed by atoms with E-state index in [1.54, 1.807) is 22.1 Å². The van der Waals surface area contributed by atoms with E-state index < -0.39 is 11.7 Å². The normalized spacial score (nSPS) is 11.4. The van der Waals surface area contributed by atoms with Crippen molar-refractivity contribution >= 4 is 38.3 Å². The summed E-state index contributed by atoms with van der Waals surface area (Å²) in [7, 11) is 0. The van der Waals surface area contributed by atoms with Crippen molar-refractivity contribution < 1.29 is 9.63 Å². The molecule has 162 valence electrons. The summed E-state index contributed by atoms with van der Waals surface area (Å²) in [6, 6.07) is 16.0. The van der Waals surface area contributed by atoms with Gasteiger partial charge in [0.1, 0.15) is 0 Å². The number of carbonyl (C=O) groups excluding carboxylic acids is 1. The smallest absolute Gasteiger partial charge is 0.347 e. The van der Waals surface area contributed by atoms with Crippen LogP contribution in [-0.4, -0.2) is 26.4 Å². The highest BCUT2D eigenvalue weighted by atomic mass is 32.1. The first-order valence-corrected chi connectivity index (χ1v) is 11.2. The van der Waals surface area contributed by atoms with Crippen LogP contribution in [0, 0.1) is 0 Å². The summed E-state index contributed by atoms with van der Waals surface area (Å²) in [6.45, 7) is 2.64. The van der Waals surface area contributed by atoms with Gasteiger partial charge in [0.25, 0.3) is 0 Å². The minimum absolute atomic E-state index is 0.433. The van der Waals surface area contributed by atoms with Crippen LogP contribution in [0.25, 0.3) is 37.9 Å². The lowest BCUT2D eigenvalue weighted by Crippen LogP contribution is -2.30. The van der Waals surface area contributed by atoms with E-state index in [9.17, 15) is 9.59 Å². The average Bonchev–Trinajstić information content (AvgIpc) is 3.46. The monoisotopic (exact) mass is 446 g/mol. The van der Waals surface area contributed by atoms with Gasteiger partial charge in [-0.05, 0) is 25.1 Å². The molecule has 0 saturated carbocycles. The molecule has 0 unspecified atom stereocenters. The predicted octanol–water partition coefficient (Wildman–Crippen LogP) is 3.80. The third kappa shape index (κ3) is 3.34. The zero-order valence-corrected chi connectivity index (χ0v) is 18.3. The summed E-state index contributed by atoms with van der Waals surface area (Å²) >= 11 is 1.57. The second-order valence-electron chi connectivity index (χ2n) is 7.55. The summed E-state index contributed by atoms with van der Waals surface area (Å²) in [6.07, 6.45) is 4.47. The van der Waals surface area contributed by atoms with Crippen molar-refractivity contribution in [2.75, 3.05) is 6.54 Å². The quantitative estimate of drug-likeness (QED) is 0.430. The molecule has 7 nitrogen and oxygen atoms in total. The number of aromatic nitrogens is 3. The highest BCUT2D eigenvalue weighted by Gasteiger charge is 2.22. The van der Waals surface area contributed by atoms with Crippen LogP contribution in [0.2, 0.25) is 0 Å². The van der Waals surface area contributed by atoms with Crippen LogP contribution in [-0.2, 0) is 11.3 Å². The number of rotatable bonds is 6. The van der Waals surface area contributed by atoms with Gasteiger partial charge >= 0.3 is 11.7 Å². The third-order valence-corrected chi connectivity index (χ3v) is 6.41. The molecule has 0 atom stereocenters. The molecule has 0 aliphatic carbocycles. The summed E-state index contributed by atoms with van der Waals surface area (Å²) in [5, 5.41) is 3.94. The van der Waals surface area contributed by atoms with Gasteiger partial charge in [-0.3, -0.25) is 4.57 Å². The van der Waals surface area contributed by atoms with Crippen molar-refractivity contribution in [3.8, 4) is 16.9 Å². The van der Waals surface area contributed by atoms with E-state index in [4.69, 9.17) is 10.6 Å². The van der Waals surface area contributed by atoms with Crippen LogP contribution in [0.5, 0.6) is 0 Å². The molecule has 5 aromatic rings. The molecule has 2 N–H and O–H groups in total. The van der Waals surface area contributed by atoms with Crippen LogP contribution < -0.4 is 16.3 Å². The first kappa shape index (κ1) is 20.3. The van der Waals surface area contributed by atoms with Gasteiger partial charge in [-0.2, -0.15) is 0 Å². The van der Waals surface area contributed by atoms with Crippen molar-refractivity contribution in [2.24, 2.45) is 5.73 Å². The van der Waals surface area contributed by atoms with Gasteiger partial charge in [-0.25, -0.2) is 9.59 Å². The number of para-hydroxylation sites is 1. The van der Waals surface area contributed by atoms with E-state index in [0.29, 0.717) is 12.2 Å². The Morgan fingerprint density at radius 1 is 1.06 bits per heavy atom. The fourth-order valence-corrected chi connectivity index (χ4v) is 5.01. The fraction of sp³-hybridized carbons (Fsp3) is 0.167. The molecule has 3 heterocycles. The maximum Gasteiger partial charge on any atom is 0.366 e. The molecule has 5 rings (SSSR count). The Morgan fingerprint density at radius 2 is 1.81 bits per heavy atom. The first-order chi connectivity index (χ1) is 15.6. The zero-order valence-electron chi connectivity index (χ0n) is 17.5. The lowest BCUT2D eigenvalue weighted by atomic mass is 10.1. The molecule has 2 aromatic carbocycles. The van der Waals surface area contributed by atoms with Crippen LogP contribution in [0.4, 0.5) is 0 Å². The average molecular weight is 447 g/mol. The molecule has 0 aliphatic rings. The molecule has 8 heteroatoms. The van der Waals surface area contributed by atoms with E-state index in [1.807, 2.05) is 54.0 Å². The number of benzene rings is 2. The number of carbonyl (C=O) groups is 1. The number of hydrogen-bond acceptors (Lipinski definition) is 5. The number of thiophene rings is 1. The zero-order chi connectivity index (χ0) is 22.2. The summed E-state index contributed by atoms with van der Waals surface area (Å²) in [5.41, 5.74) is 8.67. The molecule has 0 saturated heterocycles. The second kappa shape index (κ2) is 8.14. The Kier molecular flexibility index (Phi) is 5.16. The van der Waals surface area contributed by atoms with Gasteiger partial charge in [-0.15, -0.1) is 16.1 Å². The fourth-order valence-electron chi connectivity index (χ4n) is 4.09. The molecule has 0 radical (unpaired) electrons. The lowest BCUT2D eigenvalue weighted by molar-refractivity contribution is -0.141. The minimum atomic E-state index is -0.559. The second-order valence-corrected chi connectivity index (χ2v) is 8.46. The van der Waals surface area contributed by atoms with E-state index in [-0.39, 0.29) is 0 Å². The number of aryl methyl sites for hydroxylation is 1. The van der Waals surface area contributed by atoms with E-state index in [2.05, 4.69) is 10.6 Å². The van der Waals surface area contributed by atoms with Crippen LogP contribution in [0.1, 0.15) is 13.3 Å². The van der Waals surface area contributed by atoms with Gasteiger partial charge in [0, 0.05) is 51.6 Å². The standard InChI is InChI=1S/C24H22N4O3S/c1-16(29)31-27-14-21(19-13-26(12-6-11-25)20-9-4-2-7-17(19)20)28(24(27)30)22-15-32-23-10-5-3-8-18(22)23/h2-5,7-10,13-15H,6,11-12,25H2,1H3. The predicted molar refractivity (Wildman–Crippen MR) is 127 cm³/mol. The Bertz CT molecular complexity index is 1500. The van der Waals surface area contributed by atoms with E-state index in [1.165, 1.54) is 6.92 Å². The van der Waals surface area contributed by atoms with Crippen LogP contribution in [0.15, 0.2) is 71.1 Å². The van der Waals surface area contributed by atoms with Gasteiger partial charge in [0.15, 0.2) is 0 Å². The highest BCUT2D eigenvalue weighted by molar-refractivity contribution is 7.17. The molecule has 0 aliphatic heterocycles. The molecule has 0 fully saturated rings. The van der Waals surface area contributed by atoms with Crippen molar-refractivity contribution in [2.45, 2.75) is 19.9 Å². The van der Waals surface area contributed by atoms with Gasteiger partial charge in [-0.1, -0.05) is 36.4 Å². The summed E-state index contributed by atoms with van der Waals surface area (Å²) < 4.78 is 5.86. The SMILES string of the molecule is CC(=O)On1cc(-c2cn(CCCN)c3ccccc23)n(-c2csc3ccccc23)c1=O. The third-order valence-electron chi connectivity index (χ3n) is 5.46. The van der Waals surface area contributed by atoms with Crippen molar-refractivity contribution in [3.05, 3.63) is 76.8 Å². The molecule has 0 spiro atoms. The topological polar surface area (TPSA) is 84.2 Å². The largest absolute Gasteiger partial charge is 0.366 e. The maximum atomic E-state index is 13.4. The number of hydrogen-bond donors (Lipinski definition) is 1. The Morgan fingerprint density at radius 3 is 2.59 bits per heavy atom. The van der Waals surface area contributed by atoms with Crippen LogP contribution in [0.3, 0.4) is 0 Å². The van der Waals surface area contributed by atoms with Crippen LogP contribution >= 0.6 is 11.3 Å². The van der Waals surface area contributed by atoms with Crippen molar-refractivity contribution in [1.29, 1.82) is 0 Å². The lowest BCUT2D eigenvalue weighted by Gasteiger charge is -2.05. The summed E-state index contributed by atoms with van der Waals surface area (Å²) in [4.78, 5) is 30.2. The number of imidazole rings is 1. The van der Waals surface area contributed by atoms with Crippen molar-refractivity contribution in [1.82, 2.24) is 13.9 Å². The highest BCUT2D eigenvalue weighted by Crippen LogP contribution is 2.35. The molecular formula is C24H22N4O3S. The molecule has 32 heavy (non-hydrogen) atoms. The van der Waals surface area contributed by atoms with E-state index in [0.717, 1.165) is 49.9 Å². The Balaban J connectivity index is 1.80. The van der Waals surface area contributed by atoms with E-state index >= 15 is 0 Å². The number of nitrogens with two attached hydrogens (primary N) is 1. The Hall–Kier alpha value is -3.62. The Labute approximate surface area is 187 Å². The maximum absolute atomic E-state index is 13.4. The molecule has 0 amide bonds. The molecule has 0 bridgehead atoms. The van der Waals surface area contributed by atoms with Gasteiger partial charge in [0.05, 0.1) is 17.6 Å². The number of fused-ring (bicyclic) bond motifs is 2. The number of nitrogens with zero attached hydrogens (tertiary/aromatic N) is 3. The minimum Gasteiger partial charge on any atom is -0.347 e. The van der Waals surface area contributed by atoms with Gasteiger partial charge in [0.2, 0.25) is 0 Å². The molecule has 3 aromatic heterocycles. The molecular weight excluding hydrogens is 424 g/mol. The summed E-state index contributed by atoms with van der Waals surface area (Å²) in [5.74, 6) is -0.559.